The Balaban J connectivity index is 1.21. The summed E-state index contributed by atoms with van der Waals surface area (Å²) in [5, 5.41) is 5.07. The number of benzene rings is 2. The van der Waals surface area contributed by atoms with Gasteiger partial charge in [0.2, 0.25) is 0 Å². The zero-order valence-electron chi connectivity index (χ0n) is 20.0. The highest BCUT2D eigenvalue weighted by molar-refractivity contribution is 5.88. The van der Waals surface area contributed by atoms with Gasteiger partial charge in [0, 0.05) is 28.5 Å². The van der Waals surface area contributed by atoms with Crippen LogP contribution in [-0.4, -0.2) is 55.1 Å². The molecule has 0 saturated carbocycles. The van der Waals surface area contributed by atoms with Crippen molar-refractivity contribution in [1.29, 1.82) is 0 Å². The Labute approximate surface area is 197 Å². The average Bonchev–Trinajstić information content (AvgIpc) is 3.44. The van der Waals surface area contributed by atoms with Gasteiger partial charge in [-0.05, 0) is 131 Å². The standard InChI is InChI=1S/C29H36N4/c1-32-13-9-21(10-14-32)25-7-4-20-3-5-23(17-27(20)25)31-24-6-8-26-28(19-30-29(26)18-24)22-11-15-33(2)16-12-22/h3,5-8,17-19,21-22,30-31H,4,9-16H2,1-2H3. The van der Waals surface area contributed by atoms with Gasteiger partial charge >= 0.3 is 0 Å². The van der Waals surface area contributed by atoms with Crippen LogP contribution in [0.3, 0.4) is 0 Å². The second-order valence-corrected chi connectivity index (χ2v) is 10.5. The molecular weight excluding hydrogens is 404 g/mol. The van der Waals surface area contributed by atoms with Crippen LogP contribution in [0.25, 0.3) is 16.5 Å². The average molecular weight is 441 g/mol. The van der Waals surface area contributed by atoms with Crippen molar-refractivity contribution in [3.05, 3.63) is 65.4 Å². The predicted molar refractivity (Wildman–Crippen MR) is 139 cm³/mol. The van der Waals surface area contributed by atoms with E-state index in [4.69, 9.17) is 0 Å². The molecule has 2 saturated heterocycles. The minimum Gasteiger partial charge on any atom is -0.361 e. The maximum absolute atomic E-state index is 3.69. The van der Waals surface area contributed by atoms with Crippen LogP contribution in [0.2, 0.25) is 0 Å². The fourth-order valence-corrected chi connectivity index (χ4v) is 6.19. The Morgan fingerprint density at radius 2 is 1.48 bits per heavy atom. The van der Waals surface area contributed by atoms with Gasteiger partial charge in [-0.2, -0.15) is 0 Å². The van der Waals surface area contributed by atoms with Gasteiger partial charge < -0.3 is 20.1 Å². The van der Waals surface area contributed by atoms with Gasteiger partial charge in [-0.25, -0.2) is 0 Å². The minimum absolute atomic E-state index is 0.676. The quantitative estimate of drug-likeness (QED) is 0.522. The van der Waals surface area contributed by atoms with Crippen LogP contribution in [-0.2, 0) is 6.42 Å². The molecule has 0 bridgehead atoms. The summed E-state index contributed by atoms with van der Waals surface area (Å²) >= 11 is 0. The van der Waals surface area contributed by atoms with Crippen molar-refractivity contribution >= 4 is 27.9 Å². The highest BCUT2D eigenvalue weighted by Crippen LogP contribution is 2.40. The van der Waals surface area contributed by atoms with Gasteiger partial charge in [0.25, 0.3) is 0 Å². The molecule has 2 fully saturated rings. The molecule has 3 aliphatic rings. The predicted octanol–water partition coefficient (Wildman–Crippen LogP) is 6.00. The van der Waals surface area contributed by atoms with Crippen molar-refractivity contribution in [2.45, 2.75) is 38.0 Å². The van der Waals surface area contributed by atoms with Crippen LogP contribution < -0.4 is 5.32 Å². The van der Waals surface area contributed by atoms with Crippen LogP contribution in [0.5, 0.6) is 0 Å². The highest BCUT2D eigenvalue weighted by atomic mass is 15.1. The van der Waals surface area contributed by atoms with E-state index in [9.17, 15) is 0 Å². The maximum atomic E-state index is 3.69. The lowest BCUT2D eigenvalue weighted by Gasteiger charge is -2.30. The van der Waals surface area contributed by atoms with E-state index in [2.05, 4.69) is 82.9 Å². The van der Waals surface area contributed by atoms with Gasteiger partial charge in [-0.1, -0.05) is 18.2 Å². The van der Waals surface area contributed by atoms with Gasteiger partial charge in [-0.3, -0.25) is 0 Å². The second-order valence-electron chi connectivity index (χ2n) is 10.5. The Hall–Kier alpha value is -2.56. The number of fused-ring (bicyclic) bond motifs is 2. The summed E-state index contributed by atoms with van der Waals surface area (Å²) in [7, 11) is 4.47. The van der Waals surface area contributed by atoms with Gasteiger partial charge in [0.1, 0.15) is 0 Å². The van der Waals surface area contributed by atoms with Crippen molar-refractivity contribution in [3.8, 4) is 0 Å². The summed E-state index contributed by atoms with van der Waals surface area (Å²) in [6.45, 7) is 4.82. The van der Waals surface area contributed by atoms with Crippen LogP contribution in [0.4, 0.5) is 11.4 Å². The lowest BCUT2D eigenvalue weighted by atomic mass is 9.86. The summed E-state index contributed by atoms with van der Waals surface area (Å²) in [5.41, 5.74) is 9.62. The topological polar surface area (TPSA) is 34.3 Å². The van der Waals surface area contributed by atoms with E-state index in [1.54, 1.807) is 5.57 Å². The Morgan fingerprint density at radius 1 is 0.818 bits per heavy atom. The molecular formula is C29H36N4. The number of hydrogen-bond donors (Lipinski definition) is 2. The van der Waals surface area contributed by atoms with E-state index in [0.29, 0.717) is 11.8 Å². The van der Waals surface area contributed by atoms with Crippen LogP contribution in [0, 0.1) is 5.92 Å². The van der Waals surface area contributed by atoms with E-state index in [0.717, 1.165) is 12.1 Å². The second kappa shape index (κ2) is 8.66. The lowest BCUT2D eigenvalue weighted by molar-refractivity contribution is 0.248. The normalized spacial score (nSPS) is 20.8. The molecule has 0 unspecified atom stereocenters. The van der Waals surface area contributed by atoms with Crippen molar-refractivity contribution in [2.75, 3.05) is 45.6 Å². The molecule has 172 valence electrons. The van der Waals surface area contributed by atoms with Crippen molar-refractivity contribution in [2.24, 2.45) is 5.92 Å². The first-order valence-corrected chi connectivity index (χ1v) is 12.7. The van der Waals surface area contributed by atoms with Crippen LogP contribution in [0.15, 0.2) is 48.7 Å². The number of rotatable bonds is 4. The molecule has 2 N–H and O–H groups in total. The summed E-state index contributed by atoms with van der Waals surface area (Å²) in [6.07, 6.45) is 10.9. The largest absolute Gasteiger partial charge is 0.361 e. The molecule has 1 aliphatic carbocycles. The number of anilines is 2. The number of aromatic nitrogens is 1. The fourth-order valence-electron chi connectivity index (χ4n) is 6.19. The van der Waals surface area contributed by atoms with Gasteiger partial charge in [0.05, 0.1) is 0 Å². The fraction of sp³-hybridized carbons (Fsp3) is 0.448. The number of H-pyrrole nitrogens is 1. The number of allylic oxidation sites excluding steroid dienone is 2. The summed E-state index contributed by atoms with van der Waals surface area (Å²) in [6, 6.07) is 13.8. The first-order valence-electron chi connectivity index (χ1n) is 12.7. The highest BCUT2D eigenvalue weighted by Gasteiger charge is 2.26. The molecule has 2 aliphatic heterocycles. The molecule has 0 radical (unpaired) electrons. The monoisotopic (exact) mass is 440 g/mol. The van der Waals surface area contributed by atoms with Crippen molar-refractivity contribution in [1.82, 2.24) is 14.8 Å². The molecule has 0 amide bonds. The summed E-state index contributed by atoms with van der Waals surface area (Å²) in [5.74, 6) is 1.39. The van der Waals surface area contributed by atoms with Crippen molar-refractivity contribution < 1.29 is 0 Å². The molecule has 4 nitrogen and oxygen atoms in total. The molecule has 1 aromatic heterocycles. The molecule has 0 atom stereocenters. The summed E-state index contributed by atoms with van der Waals surface area (Å²) < 4.78 is 0. The molecule has 3 aromatic rings. The van der Waals surface area contributed by atoms with Crippen molar-refractivity contribution in [3.63, 3.8) is 0 Å². The van der Waals surface area contributed by atoms with E-state index in [1.165, 1.54) is 85.1 Å². The number of aromatic amines is 1. The number of piperidine rings is 2. The lowest BCUT2D eigenvalue weighted by Crippen LogP contribution is -2.30. The van der Waals surface area contributed by atoms with Gasteiger partial charge in [-0.15, -0.1) is 0 Å². The zero-order chi connectivity index (χ0) is 22.4. The molecule has 2 aromatic carbocycles. The number of nitrogens with zero attached hydrogens (tertiary/aromatic N) is 2. The molecule has 6 rings (SSSR count). The number of hydrogen-bond acceptors (Lipinski definition) is 3. The number of nitrogens with one attached hydrogen (secondary N) is 2. The Morgan fingerprint density at radius 3 is 2.24 bits per heavy atom. The van der Waals surface area contributed by atoms with Crippen LogP contribution >= 0.6 is 0 Å². The van der Waals surface area contributed by atoms with E-state index in [-0.39, 0.29) is 0 Å². The van der Waals surface area contributed by atoms with E-state index < -0.39 is 0 Å². The first-order chi connectivity index (χ1) is 16.1. The van der Waals surface area contributed by atoms with E-state index in [1.807, 2.05) is 0 Å². The minimum atomic E-state index is 0.676. The molecule has 3 heterocycles. The maximum Gasteiger partial charge on any atom is 0.0477 e. The van der Waals surface area contributed by atoms with Crippen LogP contribution in [0.1, 0.15) is 48.3 Å². The molecule has 0 spiro atoms. The third-order valence-corrected chi connectivity index (χ3v) is 8.28. The Bertz CT molecular complexity index is 1170. The third kappa shape index (κ3) is 4.11. The smallest absolute Gasteiger partial charge is 0.0477 e. The summed E-state index contributed by atoms with van der Waals surface area (Å²) in [4.78, 5) is 8.45. The zero-order valence-corrected chi connectivity index (χ0v) is 20.0. The first kappa shape index (κ1) is 21.0. The molecule has 4 heteroatoms. The molecule has 33 heavy (non-hydrogen) atoms. The van der Waals surface area contributed by atoms with E-state index >= 15 is 0 Å². The number of likely N-dealkylation sites (tertiary alicyclic amines) is 2. The van der Waals surface area contributed by atoms with Gasteiger partial charge in [0.15, 0.2) is 0 Å². The Kier molecular flexibility index (Phi) is 5.51. The third-order valence-electron chi connectivity index (χ3n) is 8.28. The SMILES string of the molecule is CN1CCC(C2=CCc3ccc(Nc4ccc5c(C6CCN(C)CC6)c[nH]c5c4)cc32)CC1.